The lowest BCUT2D eigenvalue weighted by Gasteiger charge is -2.01. The number of aromatic nitrogens is 3. The third kappa shape index (κ3) is 2.59. The van der Waals surface area contributed by atoms with Crippen LogP contribution < -0.4 is 10.9 Å². The zero-order valence-electron chi connectivity index (χ0n) is 12.1. The highest BCUT2D eigenvalue weighted by Crippen LogP contribution is 2.21. The number of aromatic amines is 1. The van der Waals surface area contributed by atoms with Crippen molar-refractivity contribution < 1.29 is 9.21 Å². The van der Waals surface area contributed by atoms with Gasteiger partial charge in [-0.2, -0.15) is 9.97 Å². The number of rotatable bonds is 3. The number of nitrogens with zero attached hydrogens (tertiary/aromatic N) is 2. The molecule has 0 saturated carbocycles. The molecule has 4 aromatic rings. The van der Waals surface area contributed by atoms with Crippen molar-refractivity contribution in [2.45, 2.75) is 0 Å². The fraction of sp³-hybridized carbons (Fsp3) is 0. The first kappa shape index (κ1) is 14.3. The van der Waals surface area contributed by atoms with E-state index in [1.807, 2.05) is 30.3 Å². The number of fused-ring (bicyclic) bond motifs is 1. The highest BCUT2D eigenvalue weighted by Gasteiger charge is 2.15. The number of H-pyrrole nitrogens is 1. The molecule has 1 aromatic carbocycles. The molecule has 0 aliphatic rings. The number of anilines is 1. The van der Waals surface area contributed by atoms with Crippen LogP contribution in [0.4, 0.5) is 5.95 Å². The van der Waals surface area contributed by atoms with Crippen LogP contribution in [0.25, 0.3) is 22.7 Å². The Morgan fingerprint density at radius 1 is 1.12 bits per heavy atom. The van der Waals surface area contributed by atoms with E-state index in [1.54, 1.807) is 17.5 Å². The van der Waals surface area contributed by atoms with Crippen LogP contribution in [0.15, 0.2) is 57.1 Å². The van der Waals surface area contributed by atoms with Crippen molar-refractivity contribution in [1.29, 1.82) is 0 Å². The first-order valence-corrected chi connectivity index (χ1v) is 7.90. The molecule has 24 heavy (non-hydrogen) atoms. The van der Waals surface area contributed by atoms with Crippen LogP contribution in [0.1, 0.15) is 9.67 Å². The number of oxazole rings is 1. The molecule has 0 aliphatic heterocycles. The lowest BCUT2D eigenvalue weighted by atomic mass is 10.2. The second kappa shape index (κ2) is 5.74. The average molecular weight is 338 g/mol. The van der Waals surface area contributed by atoms with Gasteiger partial charge in [-0.3, -0.25) is 19.9 Å². The standard InChI is InChI=1S/C16H10N4O3S/c21-13(10-7-4-8-24-10)19-16-18-12-11(14(22)20-16)23-15(17-12)9-5-2-1-3-6-9/h1-8H,(H2,18,19,20,21,22). The van der Waals surface area contributed by atoms with E-state index in [9.17, 15) is 9.59 Å². The van der Waals surface area contributed by atoms with Crippen LogP contribution in [-0.4, -0.2) is 20.9 Å². The number of hydrogen-bond donors (Lipinski definition) is 2. The van der Waals surface area contributed by atoms with E-state index in [4.69, 9.17) is 4.42 Å². The van der Waals surface area contributed by atoms with Gasteiger partial charge in [0.25, 0.3) is 11.5 Å². The average Bonchev–Trinajstić information content (AvgIpc) is 3.25. The van der Waals surface area contributed by atoms with Gasteiger partial charge >= 0.3 is 0 Å². The van der Waals surface area contributed by atoms with E-state index in [0.29, 0.717) is 10.8 Å². The van der Waals surface area contributed by atoms with Gasteiger partial charge in [-0.1, -0.05) is 24.3 Å². The predicted octanol–water partition coefficient (Wildman–Crippen LogP) is 2.89. The number of thiophene rings is 1. The Hall–Kier alpha value is -3.26. The monoisotopic (exact) mass is 338 g/mol. The minimum Gasteiger partial charge on any atom is -0.428 e. The topological polar surface area (TPSA) is 101 Å². The predicted molar refractivity (Wildman–Crippen MR) is 90.1 cm³/mol. The van der Waals surface area contributed by atoms with Crippen molar-refractivity contribution in [2.24, 2.45) is 0 Å². The van der Waals surface area contributed by atoms with Gasteiger partial charge < -0.3 is 4.42 Å². The van der Waals surface area contributed by atoms with Crippen LogP contribution in [-0.2, 0) is 0 Å². The fourth-order valence-corrected chi connectivity index (χ4v) is 2.79. The number of hydrogen-bond acceptors (Lipinski definition) is 6. The van der Waals surface area contributed by atoms with Crippen LogP contribution in [0.3, 0.4) is 0 Å². The van der Waals surface area contributed by atoms with E-state index in [0.717, 1.165) is 5.56 Å². The molecule has 0 atom stereocenters. The molecule has 3 aromatic heterocycles. The van der Waals surface area contributed by atoms with Gasteiger partial charge in [0.1, 0.15) is 0 Å². The molecular weight excluding hydrogens is 328 g/mol. The first-order valence-electron chi connectivity index (χ1n) is 7.02. The van der Waals surface area contributed by atoms with Gasteiger partial charge in [-0.15, -0.1) is 11.3 Å². The highest BCUT2D eigenvalue weighted by atomic mass is 32.1. The Morgan fingerprint density at radius 2 is 1.96 bits per heavy atom. The van der Waals surface area contributed by atoms with Crippen LogP contribution >= 0.6 is 11.3 Å². The molecule has 0 aliphatic carbocycles. The zero-order valence-corrected chi connectivity index (χ0v) is 13.0. The summed E-state index contributed by atoms with van der Waals surface area (Å²) in [7, 11) is 0. The van der Waals surface area contributed by atoms with E-state index >= 15 is 0 Å². The maximum atomic E-state index is 12.1. The molecule has 0 spiro atoms. The second-order valence-electron chi connectivity index (χ2n) is 4.88. The van der Waals surface area contributed by atoms with Crippen LogP contribution in [0.5, 0.6) is 0 Å². The number of carbonyl (C=O) groups excluding carboxylic acids is 1. The smallest absolute Gasteiger partial charge is 0.297 e. The molecule has 1 amide bonds. The van der Waals surface area contributed by atoms with E-state index in [-0.39, 0.29) is 23.1 Å². The Morgan fingerprint density at radius 3 is 2.71 bits per heavy atom. The van der Waals surface area contributed by atoms with Crippen molar-refractivity contribution in [3.05, 3.63) is 63.1 Å². The minimum atomic E-state index is -0.504. The summed E-state index contributed by atoms with van der Waals surface area (Å²) in [6, 6.07) is 12.6. The van der Waals surface area contributed by atoms with Gasteiger partial charge in [0.05, 0.1) is 4.88 Å². The van der Waals surface area contributed by atoms with Crippen LogP contribution in [0, 0.1) is 0 Å². The molecule has 4 rings (SSSR count). The first-order chi connectivity index (χ1) is 11.7. The Bertz CT molecular complexity index is 1070. The second-order valence-corrected chi connectivity index (χ2v) is 5.83. The number of nitrogens with one attached hydrogen (secondary N) is 2. The van der Waals surface area contributed by atoms with Crippen molar-refractivity contribution >= 4 is 34.4 Å². The van der Waals surface area contributed by atoms with Crippen molar-refractivity contribution in [3.63, 3.8) is 0 Å². The Kier molecular flexibility index (Phi) is 3.43. The van der Waals surface area contributed by atoms with Crippen molar-refractivity contribution in [3.8, 4) is 11.5 Å². The maximum Gasteiger partial charge on any atom is 0.297 e. The van der Waals surface area contributed by atoms with Crippen molar-refractivity contribution in [2.75, 3.05) is 5.32 Å². The van der Waals surface area contributed by atoms with Gasteiger partial charge in [-0.25, -0.2) is 0 Å². The molecule has 0 bridgehead atoms. The molecule has 2 N–H and O–H groups in total. The van der Waals surface area contributed by atoms with Gasteiger partial charge in [0.2, 0.25) is 23.1 Å². The molecular formula is C16H10N4O3S. The largest absolute Gasteiger partial charge is 0.428 e. The summed E-state index contributed by atoms with van der Waals surface area (Å²) in [6.07, 6.45) is 0. The van der Waals surface area contributed by atoms with Crippen molar-refractivity contribution in [1.82, 2.24) is 15.0 Å². The molecule has 0 fully saturated rings. The zero-order chi connectivity index (χ0) is 16.5. The Balaban J connectivity index is 1.72. The Labute approximate surface area is 139 Å². The van der Waals surface area contributed by atoms with Gasteiger partial charge in [-0.05, 0) is 23.6 Å². The van der Waals surface area contributed by atoms with E-state index < -0.39 is 5.56 Å². The summed E-state index contributed by atoms with van der Waals surface area (Å²) in [6.45, 7) is 0. The fourth-order valence-electron chi connectivity index (χ4n) is 2.17. The summed E-state index contributed by atoms with van der Waals surface area (Å²) in [4.78, 5) is 35.5. The molecule has 0 radical (unpaired) electrons. The molecule has 118 valence electrons. The molecule has 0 unspecified atom stereocenters. The van der Waals surface area contributed by atoms with E-state index in [1.165, 1.54) is 11.3 Å². The van der Waals surface area contributed by atoms with E-state index in [2.05, 4.69) is 20.3 Å². The highest BCUT2D eigenvalue weighted by molar-refractivity contribution is 7.12. The third-order valence-corrected chi connectivity index (χ3v) is 4.13. The summed E-state index contributed by atoms with van der Waals surface area (Å²) in [5, 5.41) is 4.34. The SMILES string of the molecule is O=C(Nc1nc2nc(-c3ccccc3)oc2c(=O)[nH]1)c1cccs1. The van der Waals surface area contributed by atoms with Gasteiger partial charge in [0.15, 0.2) is 0 Å². The maximum absolute atomic E-state index is 12.1. The minimum absolute atomic E-state index is 0.0166. The number of amides is 1. The number of carbonyl (C=O) groups is 1. The normalized spacial score (nSPS) is 10.8. The molecule has 0 saturated heterocycles. The summed E-state index contributed by atoms with van der Waals surface area (Å²) >= 11 is 1.29. The quantitative estimate of drug-likeness (QED) is 0.598. The molecule has 7 nitrogen and oxygen atoms in total. The lowest BCUT2D eigenvalue weighted by Crippen LogP contribution is -2.17. The van der Waals surface area contributed by atoms with Gasteiger partial charge in [0, 0.05) is 5.56 Å². The lowest BCUT2D eigenvalue weighted by molar-refractivity contribution is 0.102. The third-order valence-electron chi connectivity index (χ3n) is 3.26. The summed E-state index contributed by atoms with van der Waals surface area (Å²) in [5.41, 5.74) is 0.386. The summed E-state index contributed by atoms with van der Waals surface area (Å²) in [5.74, 6) is -0.0246. The summed E-state index contributed by atoms with van der Waals surface area (Å²) < 4.78 is 5.49. The number of benzene rings is 1. The molecule has 3 heterocycles. The van der Waals surface area contributed by atoms with Crippen LogP contribution in [0.2, 0.25) is 0 Å². The molecule has 8 heteroatoms.